The molecule has 0 radical (unpaired) electrons. The van der Waals surface area contributed by atoms with Gasteiger partial charge in [0.1, 0.15) is 11.8 Å². The van der Waals surface area contributed by atoms with Gasteiger partial charge < -0.3 is 10.1 Å². The molecule has 0 aliphatic carbocycles. The standard InChI is InChI=1S/C14H15N3OS/c1-10-14(19-11(2)17-10)9-16-12-3-5-13(6-4-12)18-8-7-15/h3-6,16H,8-9H2,1-2H3. The average molecular weight is 273 g/mol. The van der Waals surface area contributed by atoms with Crippen molar-refractivity contribution in [2.24, 2.45) is 0 Å². The maximum absolute atomic E-state index is 8.43. The Bertz CT molecular complexity index is 584. The topological polar surface area (TPSA) is 57.9 Å². The van der Waals surface area contributed by atoms with Gasteiger partial charge in [0.15, 0.2) is 6.61 Å². The molecule has 2 aromatic rings. The van der Waals surface area contributed by atoms with Crippen molar-refractivity contribution >= 4 is 17.0 Å². The number of hydrogen-bond donors (Lipinski definition) is 1. The molecule has 0 bridgehead atoms. The van der Waals surface area contributed by atoms with Crippen LogP contribution in [0.1, 0.15) is 15.6 Å². The summed E-state index contributed by atoms with van der Waals surface area (Å²) in [5, 5.41) is 12.9. The van der Waals surface area contributed by atoms with E-state index in [1.165, 1.54) is 4.88 Å². The summed E-state index contributed by atoms with van der Waals surface area (Å²) >= 11 is 1.71. The van der Waals surface area contributed by atoms with Crippen molar-refractivity contribution in [3.63, 3.8) is 0 Å². The minimum atomic E-state index is 0.0755. The van der Waals surface area contributed by atoms with E-state index in [9.17, 15) is 0 Å². The van der Waals surface area contributed by atoms with Crippen LogP contribution in [0.15, 0.2) is 24.3 Å². The van der Waals surface area contributed by atoms with E-state index in [2.05, 4.69) is 10.3 Å². The van der Waals surface area contributed by atoms with Crippen LogP contribution < -0.4 is 10.1 Å². The summed E-state index contributed by atoms with van der Waals surface area (Å²) in [7, 11) is 0. The van der Waals surface area contributed by atoms with Crippen LogP contribution in [0.2, 0.25) is 0 Å². The largest absolute Gasteiger partial charge is 0.479 e. The molecule has 0 spiro atoms. The number of hydrogen-bond acceptors (Lipinski definition) is 5. The molecule has 0 saturated heterocycles. The lowest BCUT2D eigenvalue weighted by Crippen LogP contribution is -1.99. The first-order valence-corrected chi connectivity index (χ1v) is 6.77. The maximum atomic E-state index is 8.43. The van der Waals surface area contributed by atoms with E-state index in [4.69, 9.17) is 10.00 Å². The number of ether oxygens (including phenoxy) is 1. The molecule has 0 aliphatic heterocycles. The van der Waals surface area contributed by atoms with E-state index < -0.39 is 0 Å². The summed E-state index contributed by atoms with van der Waals surface area (Å²) < 4.78 is 5.20. The van der Waals surface area contributed by atoms with Crippen LogP contribution in [0.4, 0.5) is 5.69 Å². The molecule has 5 heteroatoms. The van der Waals surface area contributed by atoms with Crippen molar-refractivity contribution < 1.29 is 4.74 Å². The van der Waals surface area contributed by atoms with Gasteiger partial charge in [0.05, 0.1) is 17.2 Å². The van der Waals surface area contributed by atoms with Crippen molar-refractivity contribution in [1.29, 1.82) is 5.26 Å². The summed E-state index contributed by atoms with van der Waals surface area (Å²) in [6.07, 6.45) is 0. The van der Waals surface area contributed by atoms with Crippen molar-refractivity contribution in [3.8, 4) is 11.8 Å². The Morgan fingerprint density at radius 2 is 2.05 bits per heavy atom. The molecule has 0 saturated carbocycles. The number of aryl methyl sites for hydroxylation is 2. The summed E-state index contributed by atoms with van der Waals surface area (Å²) in [5.41, 5.74) is 2.11. The normalized spacial score (nSPS) is 9.95. The molecule has 19 heavy (non-hydrogen) atoms. The lowest BCUT2D eigenvalue weighted by molar-refractivity contribution is 0.368. The molecule has 0 amide bonds. The molecular formula is C14H15N3OS. The van der Waals surface area contributed by atoms with E-state index in [0.29, 0.717) is 5.75 Å². The van der Waals surface area contributed by atoms with Crippen molar-refractivity contribution in [3.05, 3.63) is 39.8 Å². The van der Waals surface area contributed by atoms with Gasteiger partial charge in [0, 0.05) is 10.6 Å². The molecule has 1 N–H and O–H groups in total. The number of thiazole rings is 1. The second kappa shape index (κ2) is 6.21. The smallest absolute Gasteiger partial charge is 0.174 e. The first-order valence-electron chi connectivity index (χ1n) is 5.95. The second-order valence-electron chi connectivity index (χ2n) is 4.07. The second-order valence-corrected chi connectivity index (χ2v) is 5.35. The zero-order chi connectivity index (χ0) is 13.7. The summed E-state index contributed by atoms with van der Waals surface area (Å²) in [5.74, 6) is 0.705. The highest BCUT2D eigenvalue weighted by atomic mass is 32.1. The fraction of sp³-hybridized carbons (Fsp3) is 0.286. The molecule has 0 atom stereocenters. The van der Waals surface area contributed by atoms with E-state index in [1.54, 1.807) is 11.3 Å². The number of nitrogens with one attached hydrogen (secondary N) is 1. The highest BCUT2D eigenvalue weighted by molar-refractivity contribution is 7.11. The Balaban J connectivity index is 1.93. The monoisotopic (exact) mass is 273 g/mol. The average Bonchev–Trinajstić information content (AvgIpc) is 2.73. The van der Waals surface area contributed by atoms with E-state index in [-0.39, 0.29) is 6.61 Å². The fourth-order valence-electron chi connectivity index (χ4n) is 1.70. The first-order chi connectivity index (χ1) is 9.19. The molecule has 1 aromatic heterocycles. The number of nitrogens with zero attached hydrogens (tertiary/aromatic N) is 2. The van der Waals surface area contributed by atoms with E-state index in [0.717, 1.165) is 22.9 Å². The lowest BCUT2D eigenvalue weighted by Gasteiger charge is -2.06. The van der Waals surface area contributed by atoms with Crippen LogP contribution >= 0.6 is 11.3 Å². The highest BCUT2D eigenvalue weighted by Gasteiger charge is 2.04. The van der Waals surface area contributed by atoms with Crippen molar-refractivity contribution in [1.82, 2.24) is 4.98 Å². The first kappa shape index (κ1) is 13.4. The minimum absolute atomic E-state index is 0.0755. The summed E-state index contributed by atoms with van der Waals surface area (Å²) in [6, 6.07) is 9.53. The molecule has 98 valence electrons. The molecule has 0 aliphatic rings. The van der Waals surface area contributed by atoms with Crippen LogP contribution in [0, 0.1) is 25.2 Å². The highest BCUT2D eigenvalue weighted by Crippen LogP contribution is 2.20. The minimum Gasteiger partial charge on any atom is -0.479 e. The fourth-order valence-corrected chi connectivity index (χ4v) is 2.58. The Morgan fingerprint density at radius 3 is 2.63 bits per heavy atom. The predicted octanol–water partition coefficient (Wildman–Crippen LogP) is 3.27. The third-order valence-corrected chi connectivity index (χ3v) is 3.68. The third kappa shape index (κ3) is 3.70. The number of aromatic nitrogens is 1. The zero-order valence-corrected chi connectivity index (χ0v) is 11.8. The van der Waals surface area contributed by atoms with Crippen LogP contribution in [0.5, 0.6) is 5.75 Å². The van der Waals surface area contributed by atoms with Gasteiger partial charge in [0.25, 0.3) is 0 Å². The Hall–Kier alpha value is -2.06. The molecule has 1 heterocycles. The van der Waals surface area contributed by atoms with Gasteiger partial charge >= 0.3 is 0 Å². The SMILES string of the molecule is Cc1nc(C)c(CNc2ccc(OCC#N)cc2)s1. The molecular weight excluding hydrogens is 258 g/mol. The summed E-state index contributed by atoms with van der Waals surface area (Å²) in [6.45, 7) is 4.89. The van der Waals surface area contributed by atoms with E-state index in [1.807, 2.05) is 44.2 Å². The van der Waals surface area contributed by atoms with Crippen LogP contribution in [-0.4, -0.2) is 11.6 Å². The van der Waals surface area contributed by atoms with Gasteiger partial charge in [0.2, 0.25) is 0 Å². The zero-order valence-electron chi connectivity index (χ0n) is 10.9. The molecule has 2 rings (SSSR count). The molecule has 4 nitrogen and oxygen atoms in total. The molecule has 0 unspecified atom stereocenters. The van der Waals surface area contributed by atoms with Gasteiger partial charge in [-0.05, 0) is 38.1 Å². The van der Waals surface area contributed by atoms with Crippen molar-refractivity contribution in [2.45, 2.75) is 20.4 Å². The molecule has 1 aromatic carbocycles. The van der Waals surface area contributed by atoms with Crippen LogP contribution in [0.3, 0.4) is 0 Å². The Labute approximate surface area is 116 Å². The quantitative estimate of drug-likeness (QED) is 0.908. The van der Waals surface area contributed by atoms with E-state index >= 15 is 0 Å². The summed E-state index contributed by atoms with van der Waals surface area (Å²) in [4.78, 5) is 5.65. The number of rotatable bonds is 5. The van der Waals surface area contributed by atoms with Gasteiger partial charge in [-0.15, -0.1) is 11.3 Å². The van der Waals surface area contributed by atoms with Crippen molar-refractivity contribution in [2.75, 3.05) is 11.9 Å². The maximum Gasteiger partial charge on any atom is 0.174 e. The number of nitriles is 1. The number of benzene rings is 1. The predicted molar refractivity (Wildman–Crippen MR) is 76.5 cm³/mol. The van der Waals surface area contributed by atoms with Crippen LogP contribution in [0.25, 0.3) is 0 Å². The molecule has 0 fully saturated rings. The Kier molecular flexibility index (Phi) is 4.37. The van der Waals surface area contributed by atoms with Gasteiger partial charge in [-0.2, -0.15) is 5.26 Å². The third-order valence-electron chi connectivity index (χ3n) is 2.61. The van der Waals surface area contributed by atoms with Gasteiger partial charge in [-0.1, -0.05) is 0 Å². The van der Waals surface area contributed by atoms with Gasteiger partial charge in [-0.25, -0.2) is 4.98 Å². The van der Waals surface area contributed by atoms with Crippen LogP contribution in [-0.2, 0) is 6.54 Å². The Morgan fingerprint density at radius 1 is 1.32 bits per heavy atom. The lowest BCUT2D eigenvalue weighted by atomic mass is 10.3. The van der Waals surface area contributed by atoms with Gasteiger partial charge in [-0.3, -0.25) is 0 Å². The number of anilines is 1.